The number of carbonyl (C=O) groups is 2. The van der Waals surface area contributed by atoms with Gasteiger partial charge < -0.3 is 25.3 Å². The van der Waals surface area contributed by atoms with E-state index in [0.717, 1.165) is 11.8 Å². The van der Waals surface area contributed by atoms with Crippen molar-refractivity contribution in [3.8, 4) is 11.6 Å². The Morgan fingerprint density at radius 3 is 2.89 bits per heavy atom. The highest BCUT2D eigenvalue weighted by Crippen LogP contribution is 2.32. The molecule has 3 heterocycles. The van der Waals surface area contributed by atoms with Crippen LogP contribution in [0.1, 0.15) is 16.8 Å². The van der Waals surface area contributed by atoms with Crippen molar-refractivity contribution in [3.05, 3.63) is 30.0 Å². The highest BCUT2D eigenvalue weighted by molar-refractivity contribution is 6.01. The van der Waals surface area contributed by atoms with Crippen LogP contribution in [-0.4, -0.2) is 49.8 Å². The number of fused-ring (bicyclic) bond motifs is 1. The first kappa shape index (κ1) is 17.5. The number of pyridine rings is 1. The van der Waals surface area contributed by atoms with E-state index < -0.39 is 5.91 Å². The van der Waals surface area contributed by atoms with Crippen molar-refractivity contribution in [1.29, 1.82) is 0 Å². The second-order valence-electron chi connectivity index (χ2n) is 6.91. The summed E-state index contributed by atoms with van der Waals surface area (Å²) >= 11 is 0. The number of primary amides is 1. The molecule has 0 saturated carbocycles. The molecule has 0 spiro atoms. The van der Waals surface area contributed by atoms with Crippen LogP contribution in [0.25, 0.3) is 10.8 Å². The minimum absolute atomic E-state index is 0.00829. The molecular formula is C19H21N3O5. The van der Waals surface area contributed by atoms with Gasteiger partial charge in [-0.2, -0.15) is 0 Å². The molecule has 4 rings (SSSR count). The number of carbonyl (C=O) groups excluding carboxylic acids is 2. The van der Waals surface area contributed by atoms with Crippen molar-refractivity contribution in [2.75, 3.05) is 26.9 Å². The highest BCUT2D eigenvalue weighted by Gasteiger charge is 2.40. The number of nitrogens with zero attached hydrogens (tertiary/aromatic N) is 1. The summed E-state index contributed by atoms with van der Waals surface area (Å²) in [7, 11) is 1.48. The van der Waals surface area contributed by atoms with E-state index in [9.17, 15) is 9.59 Å². The summed E-state index contributed by atoms with van der Waals surface area (Å²) in [5.41, 5.74) is 5.71. The van der Waals surface area contributed by atoms with Crippen molar-refractivity contribution in [2.45, 2.75) is 12.5 Å². The summed E-state index contributed by atoms with van der Waals surface area (Å²) in [5.74, 6) is 0.593. The Morgan fingerprint density at radius 2 is 2.22 bits per heavy atom. The lowest BCUT2D eigenvalue weighted by Gasteiger charge is -2.29. The van der Waals surface area contributed by atoms with Gasteiger partial charge in [-0.15, -0.1) is 0 Å². The second-order valence-corrected chi connectivity index (χ2v) is 6.91. The van der Waals surface area contributed by atoms with E-state index in [1.165, 1.54) is 7.11 Å². The Hall–Kier alpha value is -2.87. The standard InChI is InChI=1S/C19H21N3O5/c1-25-16-6-14-10(4-15(16)17(20)23)2-3-21-19(14)27-9-12-5-13(18(24)22-12)11-7-26-8-11/h2-4,6,11-13H,5,7-9H2,1H3,(H2,20,23)(H,22,24)/t12?,13-/m0/s1. The van der Waals surface area contributed by atoms with E-state index in [1.807, 2.05) is 0 Å². The van der Waals surface area contributed by atoms with E-state index >= 15 is 0 Å². The van der Waals surface area contributed by atoms with E-state index in [4.69, 9.17) is 19.9 Å². The predicted octanol–water partition coefficient (Wildman–Crippen LogP) is 0.872. The number of rotatable bonds is 6. The molecule has 27 heavy (non-hydrogen) atoms. The Balaban J connectivity index is 1.52. The van der Waals surface area contributed by atoms with E-state index in [-0.39, 0.29) is 17.9 Å². The fourth-order valence-corrected chi connectivity index (χ4v) is 3.61. The average Bonchev–Trinajstić information content (AvgIpc) is 2.97. The van der Waals surface area contributed by atoms with Crippen LogP contribution >= 0.6 is 0 Å². The lowest BCUT2D eigenvalue weighted by molar-refractivity contribution is -0.131. The fourth-order valence-electron chi connectivity index (χ4n) is 3.61. The summed E-state index contributed by atoms with van der Waals surface area (Å²) in [6.45, 7) is 1.62. The predicted molar refractivity (Wildman–Crippen MR) is 96.7 cm³/mol. The van der Waals surface area contributed by atoms with Crippen molar-refractivity contribution in [3.63, 3.8) is 0 Å². The van der Waals surface area contributed by atoms with Gasteiger partial charge in [0.25, 0.3) is 5.91 Å². The van der Waals surface area contributed by atoms with Gasteiger partial charge in [0.05, 0.1) is 31.9 Å². The number of ether oxygens (including phenoxy) is 3. The maximum atomic E-state index is 12.1. The Labute approximate surface area is 156 Å². The molecule has 1 aromatic heterocycles. The summed E-state index contributed by atoms with van der Waals surface area (Å²) in [6, 6.07) is 5.07. The maximum absolute atomic E-state index is 12.1. The number of methoxy groups -OCH3 is 1. The van der Waals surface area contributed by atoms with Crippen LogP contribution in [0.4, 0.5) is 0 Å². The maximum Gasteiger partial charge on any atom is 0.252 e. The van der Waals surface area contributed by atoms with Crippen molar-refractivity contribution >= 4 is 22.6 Å². The number of hydrogen-bond donors (Lipinski definition) is 2. The highest BCUT2D eigenvalue weighted by atomic mass is 16.5. The van der Waals surface area contributed by atoms with Gasteiger partial charge in [-0.3, -0.25) is 9.59 Å². The number of hydrogen-bond acceptors (Lipinski definition) is 6. The minimum atomic E-state index is -0.562. The summed E-state index contributed by atoms with van der Waals surface area (Å²) in [6.07, 6.45) is 2.34. The van der Waals surface area contributed by atoms with Gasteiger partial charge in [-0.1, -0.05) is 0 Å². The van der Waals surface area contributed by atoms with Crippen molar-refractivity contribution < 1.29 is 23.8 Å². The molecule has 142 valence electrons. The van der Waals surface area contributed by atoms with Gasteiger partial charge in [0, 0.05) is 23.4 Å². The summed E-state index contributed by atoms with van der Waals surface area (Å²) < 4.78 is 16.4. The number of nitrogens with two attached hydrogens (primary N) is 1. The van der Waals surface area contributed by atoms with Crippen LogP contribution in [-0.2, 0) is 9.53 Å². The number of amides is 2. The molecule has 2 aromatic rings. The molecule has 8 nitrogen and oxygen atoms in total. The zero-order valence-electron chi connectivity index (χ0n) is 14.9. The fraction of sp³-hybridized carbons (Fsp3) is 0.421. The molecule has 1 aromatic carbocycles. The molecule has 0 radical (unpaired) electrons. The van der Waals surface area contributed by atoms with Crippen LogP contribution in [0, 0.1) is 11.8 Å². The molecule has 8 heteroatoms. The molecule has 2 aliphatic heterocycles. The number of aromatic nitrogens is 1. The smallest absolute Gasteiger partial charge is 0.252 e. The first-order chi connectivity index (χ1) is 13.1. The molecule has 2 atom stereocenters. The van der Waals surface area contributed by atoms with Crippen LogP contribution in [0.15, 0.2) is 24.4 Å². The molecule has 2 fully saturated rings. The van der Waals surface area contributed by atoms with Crippen LogP contribution < -0.4 is 20.5 Å². The normalized spacial score (nSPS) is 22.3. The van der Waals surface area contributed by atoms with Gasteiger partial charge >= 0.3 is 0 Å². The zero-order valence-corrected chi connectivity index (χ0v) is 14.9. The van der Waals surface area contributed by atoms with Gasteiger partial charge in [0.15, 0.2) is 0 Å². The van der Waals surface area contributed by atoms with Crippen LogP contribution in [0.2, 0.25) is 0 Å². The summed E-state index contributed by atoms with van der Waals surface area (Å²) in [4.78, 5) is 28.0. The van der Waals surface area contributed by atoms with Gasteiger partial charge in [0.1, 0.15) is 12.4 Å². The Morgan fingerprint density at radius 1 is 1.41 bits per heavy atom. The first-order valence-electron chi connectivity index (χ1n) is 8.84. The molecule has 1 unspecified atom stereocenters. The second kappa shape index (κ2) is 7.03. The molecule has 0 aliphatic carbocycles. The van der Waals surface area contributed by atoms with Crippen molar-refractivity contribution in [1.82, 2.24) is 10.3 Å². The van der Waals surface area contributed by atoms with Gasteiger partial charge in [-0.05, 0) is 30.0 Å². The molecule has 0 bridgehead atoms. The molecule has 3 N–H and O–H groups in total. The third-order valence-electron chi connectivity index (χ3n) is 5.19. The average molecular weight is 371 g/mol. The molecule has 2 saturated heterocycles. The van der Waals surface area contributed by atoms with E-state index in [2.05, 4.69) is 10.3 Å². The summed E-state index contributed by atoms with van der Waals surface area (Å²) in [5, 5.41) is 4.47. The molecule has 2 aliphatic rings. The van der Waals surface area contributed by atoms with Gasteiger partial charge in [0.2, 0.25) is 11.8 Å². The first-order valence-corrected chi connectivity index (χ1v) is 8.84. The lowest BCUT2D eigenvalue weighted by Crippen LogP contribution is -2.38. The Kier molecular flexibility index (Phi) is 4.57. The number of nitrogens with one attached hydrogen (secondary N) is 1. The largest absolute Gasteiger partial charge is 0.496 e. The van der Waals surface area contributed by atoms with Crippen LogP contribution in [0.3, 0.4) is 0 Å². The Bertz CT molecular complexity index is 896. The quantitative estimate of drug-likeness (QED) is 0.779. The molecule has 2 amide bonds. The third-order valence-corrected chi connectivity index (χ3v) is 5.19. The molecular weight excluding hydrogens is 350 g/mol. The monoisotopic (exact) mass is 371 g/mol. The van der Waals surface area contributed by atoms with Gasteiger partial charge in [-0.25, -0.2) is 4.98 Å². The third kappa shape index (κ3) is 3.28. The van der Waals surface area contributed by atoms with Crippen LogP contribution in [0.5, 0.6) is 11.6 Å². The lowest BCUT2D eigenvalue weighted by atomic mass is 9.88. The zero-order chi connectivity index (χ0) is 19.0. The number of benzene rings is 1. The van der Waals surface area contributed by atoms with E-state index in [1.54, 1.807) is 24.4 Å². The minimum Gasteiger partial charge on any atom is -0.496 e. The van der Waals surface area contributed by atoms with E-state index in [0.29, 0.717) is 48.3 Å². The topological polar surface area (TPSA) is 113 Å². The van der Waals surface area contributed by atoms with Crippen molar-refractivity contribution in [2.24, 2.45) is 17.6 Å². The SMILES string of the molecule is COc1cc2c(OCC3C[C@@H](C4COC4)C(=O)N3)nccc2cc1C(N)=O.